The van der Waals surface area contributed by atoms with E-state index in [0.29, 0.717) is 18.4 Å². The van der Waals surface area contributed by atoms with Crippen LogP contribution in [0.5, 0.6) is 0 Å². The van der Waals surface area contributed by atoms with Crippen LogP contribution in [-0.4, -0.2) is 30.8 Å². The predicted octanol–water partition coefficient (Wildman–Crippen LogP) is 3.86. The summed E-state index contributed by atoms with van der Waals surface area (Å²) in [6.45, 7) is 6.20. The van der Waals surface area contributed by atoms with Gasteiger partial charge in [-0.2, -0.15) is 0 Å². The lowest BCUT2D eigenvalue weighted by Gasteiger charge is -2.51. The molecule has 2 saturated heterocycles. The summed E-state index contributed by atoms with van der Waals surface area (Å²) in [6.07, 6.45) is 5.90. The van der Waals surface area contributed by atoms with E-state index in [2.05, 4.69) is 43.4 Å². The Balaban J connectivity index is 1.30. The summed E-state index contributed by atoms with van der Waals surface area (Å²) >= 11 is 0. The Morgan fingerprint density at radius 1 is 1.26 bits per heavy atom. The standard InChI is InChI=1S/C23H31NO3/c1-15(16-7-4-3-5-8-16)24-13-18-17-11-20-22(2,12-19(17)27-21(18)25)9-6-10-23(20)14-26-23/h3-5,7-8,15,17-20,24H,6,9-14H2,1-2H3/t15-,17+,18+,19+,20-,22+,23-/m0/s1. The van der Waals surface area contributed by atoms with Crippen LogP contribution in [0.2, 0.25) is 0 Å². The van der Waals surface area contributed by atoms with Gasteiger partial charge in [0, 0.05) is 18.5 Å². The summed E-state index contributed by atoms with van der Waals surface area (Å²) in [6, 6.07) is 10.7. The molecular weight excluding hydrogens is 338 g/mol. The average molecular weight is 370 g/mol. The maximum Gasteiger partial charge on any atom is 0.310 e. The highest BCUT2D eigenvalue weighted by molar-refractivity contribution is 5.75. The largest absolute Gasteiger partial charge is 0.462 e. The molecule has 0 aromatic heterocycles. The van der Waals surface area contributed by atoms with Crippen molar-refractivity contribution in [2.75, 3.05) is 13.2 Å². The Labute approximate surface area is 162 Å². The third-order valence-corrected chi connectivity index (χ3v) is 8.02. The molecule has 4 nitrogen and oxygen atoms in total. The molecule has 1 spiro atoms. The smallest absolute Gasteiger partial charge is 0.310 e. The molecule has 4 heteroatoms. The lowest BCUT2D eigenvalue weighted by Crippen LogP contribution is -2.51. The van der Waals surface area contributed by atoms with E-state index in [4.69, 9.17) is 9.47 Å². The van der Waals surface area contributed by atoms with E-state index in [-0.39, 0.29) is 35.0 Å². The normalized spacial score (nSPS) is 43.7. The minimum absolute atomic E-state index is 0.00535. The Kier molecular flexibility index (Phi) is 4.14. The molecule has 1 aromatic carbocycles. The fourth-order valence-electron chi connectivity index (χ4n) is 6.35. The highest BCUT2D eigenvalue weighted by Gasteiger charge is 2.64. The second kappa shape index (κ2) is 6.31. The molecule has 2 aliphatic heterocycles. The molecule has 0 bridgehead atoms. The summed E-state index contributed by atoms with van der Waals surface area (Å²) in [5.74, 6) is 0.906. The van der Waals surface area contributed by atoms with Crippen LogP contribution in [-0.2, 0) is 14.3 Å². The number of benzene rings is 1. The average Bonchev–Trinajstić information content (AvgIpc) is 3.36. The summed E-state index contributed by atoms with van der Waals surface area (Å²) in [5, 5.41) is 3.59. The number of carbonyl (C=O) groups is 1. The highest BCUT2D eigenvalue weighted by Crippen LogP contribution is 2.62. The van der Waals surface area contributed by atoms with Gasteiger partial charge in [-0.3, -0.25) is 4.79 Å². The van der Waals surface area contributed by atoms with E-state index in [1.165, 1.54) is 24.8 Å². The van der Waals surface area contributed by atoms with Crippen molar-refractivity contribution in [3.8, 4) is 0 Å². The number of rotatable bonds is 4. The lowest BCUT2D eigenvalue weighted by atomic mass is 9.53. The van der Waals surface area contributed by atoms with Gasteiger partial charge in [0.15, 0.2) is 0 Å². The van der Waals surface area contributed by atoms with Crippen LogP contribution in [0, 0.1) is 23.2 Å². The Morgan fingerprint density at radius 2 is 2.04 bits per heavy atom. The molecule has 146 valence electrons. The first-order valence-electron chi connectivity index (χ1n) is 10.6. The first-order valence-corrected chi connectivity index (χ1v) is 10.6. The van der Waals surface area contributed by atoms with Crippen LogP contribution in [0.1, 0.15) is 57.6 Å². The van der Waals surface area contributed by atoms with Crippen LogP contribution in [0.3, 0.4) is 0 Å². The number of hydrogen-bond donors (Lipinski definition) is 1. The molecule has 0 unspecified atom stereocenters. The van der Waals surface area contributed by atoms with Crippen molar-refractivity contribution in [3.63, 3.8) is 0 Å². The van der Waals surface area contributed by atoms with Gasteiger partial charge in [0.1, 0.15) is 6.10 Å². The molecule has 27 heavy (non-hydrogen) atoms. The molecule has 4 fully saturated rings. The molecule has 2 heterocycles. The minimum Gasteiger partial charge on any atom is -0.462 e. The first kappa shape index (κ1) is 17.7. The van der Waals surface area contributed by atoms with Crippen LogP contribution in [0.25, 0.3) is 0 Å². The highest BCUT2D eigenvalue weighted by atomic mass is 16.6. The van der Waals surface area contributed by atoms with Crippen LogP contribution in [0.15, 0.2) is 30.3 Å². The van der Waals surface area contributed by atoms with Gasteiger partial charge in [0.2, 0.25) is 0 Å². The van der Waals surface area contributed by atoms with Gasteiger partial charge in [-0.15, -0.1) is 0 Å². The van der Waals surface area contributed by atoms with Gasteiger partial charge in [-0.1, -0.05) is 37.3 Å². The second-order valence-electron chi connectivity index (χ2n) is 9.64. The van der Waals surface area contributed by atoms with Crippen LogP contribution >= 0.6 is 0 Å². The Morgan fingerprint density at radius 3 is 2.78 bits per heavy atom. The van der Waals surface area contributed by atoms with Gasteiger partial charge in [0.05, 0.1) is 18.1 Å². The molecule has 0 radical (unpaired) electrons. The number of esters is 1. The van der Waals surface area contributed by atoms with Crippen molar-refractivity contribution >= 4 is 5.97 Å². The molecule has 1 aromatic rings. The molecular formula is C23H31NO3. The molecule has 1 N–H and O–H groups in total. The number of fused-ring (bicyclic) bond motifs is 3. The number of hydrogen-bond acceptors (Lipinski definition) is 4. The molecule has 2 aliphatic carbocycles. The van der Waals surface area contributed by atoms with Gasteiger partial charge >= 0.3 is 5.97 Å². The zero-order valence-corrected chi connectivity index (χ0v) is 16.4. The van der Waals surface area contributed by atoms with Gasteiger partial charge in [0.25, 0.3) is 0 Å². The minimum atomic E-state index is -0.0246. The quantitative estimate of drug-likeness (QED) is 0.647. The van der Waals surface area contributed by atoms with Gasteiger partial charge < -0.3 is 14.8 Å². The zero-order valence-electron chi connectivity index (χ0n) is 16.4. The number of nitrogens with one attached hydrogen (secondary N) is 1. The summed E-state index contributed by atoms with van der Waals surface area (Å²) in [4.78, 5) is 12.7. The van der Waals surface area contributed by atoms with Crippen molar-refractivity contribution in [3.05, 3.63) is 35.9 Å². The topological polar surface area (TPSA) is 50.9 Å². The van der Waals surface area contributed by atoms with Crippen molar-refractivity contribution in [1.29, 1.82) is 0 Å². The van der Waals surface area contributed by atoms with E-state index in [9.17, 15) is 4.79 Å². The lowest BCUT2D eigenvalue weighted by molar-refractivity contribution is -0.147. The first-order chi connectivity index (χ1) is 13.0. The second-order valence-corrected chi connectivity index (χ2v) is 9.64. The van der Waals surface area contributed by atoms with Crippen LogP contribution in [0.4, 0.5) is 0 Å². The monoisotopic (exact) mass is 369 g/mol. The maximum absolute atomic E-state index is 12.7. The SMILES string of the molecule is C[C@H](NC[C@H]1C(=O)O[C@@H]2C[C@@]3(C)CCC[C@]4(CO4)[C@H]3C[C@@H]21)c1ccccc1. The molecule has 0 amide bonds. The Hall–Kier alpha value is -1.39. The van der Waals surface area contributed by atoms with E-state index < -0.39 is 0 Å². The maximum atomic E-state index is 12.7. The van der Waals surface area contributed by atoms with E-state index in [0.717, 1.165) is 19.4 Å². The summed E-state index contributed by atoms with van der Waals surface area (Å²) in [7, 11) is 0. The number of ether oxygens (including phenoxy) is 2. The fraction of sp³-hybridized carbons (Fsp3) is 0.696. The Bertz CT molecular complexity index is 716. The molecule has 2 saturated carbocycles. The fourth-order valence-corrected chi connectivity index (χ4v) is 6.35. The molecule has 5 rings (SSSR count). The number of carbonyl (C=O) groups excluding carboxylic acids is 1. The van der Waals surface area contributed by atoms with Crippen molar-refractivity contribution in [1.82, 2.24) is 5.32 Å². The third-order valence-electron chi connectivity index (χ3n) is 8.02. The van der Waals surface area contributed by atoms with E-state index in [1.807, 2.05) is 6.07 Å². The summed E-state index contributed by atoms with van der Waals surface area (Å²) in [5.41, 5.74) is 1.66. The molecule has 7 atom stereocenters. The van der Waals surface area contributed by atoms with Crippen LogP contribution < -0.4 is 5.32 Å². The van der Waals surface area contributed by atoms with E-state index in [1.54, 1.807) is 0 Å². The number of epoxide rings is 1. The van der Waals surface area contributed by atoms with Gasteiger partial charge in [-0.25, -0.2) is 0 Å². The summed E-state index contributed by atoms with van der Waals surface area (Å²) < 4.78 is 11.9. The molecule has 4 aliphatic rings. The van der Waals surface area contributed by atoms with Crippen molar-refractivity contribution in [2.45, 2.75) is 63.7 Å². The van der Waals surface area contributed by atoms with Crippen molar-refractivity contribution < 1.29 is 14.3 Å². The van der Waals surface area contributed by atoms with Gasteiger partial charge in [-0.05, 0) is 55.9 Å². The van der Waals surface area contributed by atoms with Crippen molar-refractivity contribution in [2.24, 2.45) is 23.2 Å². The predicted molar refractivity (Wildman–Crippen MR) is 103 cm³/mol. The third kappa shape index (κ3) is 2.92. The van der Waals surface area contributed by atoms with E-state index >= 15 is 0 Å². The zero-order chi connectivity index (χ0) is 18.6.